The molecule has 0 aromatic carbocycles. The quantitative estimate of drug-likeness (QED) is 0.635. The summed E-state index contributed by atoms with van der Waals surface area (Å²) in [5.74, 6) is 0.974. The molecule has 0 aromatic heterocycles. The van der Waals surface area contributed by atoms with Gasteiger partial charge in [0.15, 0.2) is 0 Å². The number of hydrogen-bond acceptors (Lipinski definition) is 2. The fourth-order valence-electron chi connectivity index (χ4n) is 1.58. The number of carbonyl (C=O) groups is 1. The Labute approximate surface area is 72.9 Å². The summed E-state index contributed by atoms with van der Waals surface area (Å²) >= 11 is 0. The monoisotopic (exact) mass is 168 g/mol. The van der Waals surface area contributed by atoms with Gasteiger partial charge in [-0.25, -0.2) is 0 Å². The van der Waals surface area contributed by atoms with E-state index in [4.69, 9.17) is 0 Å². The van der Waals surface area contributed by atoms with Crippen LogP contribution in [0.2, 0.25) is 0 Å². The Morgan fingerprint density at radius 3 is 2.58 bits per heavy atom. The molecule has 0 spiro atoms. The molecule has 1 saturated carbocycles. The van der Waals surface area contributed by atoms with Crippen LogP contribution in [0.5, 0.6) is 0 Å². The van der Waals surface area contributed by atoms with Gasteiger partial charge in [0.25, 0.3) is 0 Å². The van der Waals surface area contributed by atoms with Crippen molar-refractivity contribution >= 4 is 5.91 Å². The molecular formula is C9H16N2O. The molecule has 68 valence electrons. The van der Waals surface area contributed by atoms with Gasteiger partial charge in [-0.05, 0) is 31.7 Å². The first kappa shape index (κ1) is 8.05. The van der Waals surface area contributed by atoms with Gasteiger partial charge in [0.2, 0.25) is 5.91 Å². The Hall–Kier alpha value is -0.570. The molecule has 2 aliphatic rings. The van der Waals surface area contributed by atoms with Crippen LogP contribution in [-0.4, -0.2) is 25.0 Å². The number of hydrogen-bond donors (Lipinski definition) is 2. The highest BCUT2D eigenvalue weighted by Gasteiger charge is 2.25. The summed E-state index contributed by atoms with van der Waals surface area (Å²) in [7, 11) is 0. The zero-order valence-electron chi connectivity index (χ0n) is 7.31. The molecule has 1 atom stereocenters. The highest BCUT2D eigenvalue weighted by molar-refractivity contribution is 5.82. The Morgan fingerprint density at radius 2 is 2.17 bits per heavy atom. The third-order valence-electron chi connectivity index (χ3n) is 2.93. The molecule has 0 aromatic rings. The Balaban J connectivity index is 1.61. The van der Waals surface area contributed by atoms with Gasteiger partial charge >= 0.3 is 0 Å². The second kappa shape index (κ2) is 3.44. The molecule has 3 heteroatoms. The molecule has 0 bridgehead atoms. The van der Waals surface area contributed by atoms with Gasteiger partial charge in [-0.1, -0.05) is 6.42 Å². The van der Waals surface area contributed by atoms with Gasteiger partial charge < -0.3 is 10.6 Å². The lowest BCUT2D eigenvalue weighted by Gasteiger charge is -2.29. The minimum Gasteiger partial charge on any atom is -0.354 e. The van der Waals surface area contributed by atoms with Crippen LogP contribution in [0.1, 0.15) is 25.7 Å². The van der Waals surface area contributed by atoms with Crippen LogP contribution >= 0.6 is 0 Å². The molecule has 1 heterocycles. The molecule has 1 saturated heterocycles. The maximum atomic E-state index is 11.3. The van der Waals surface area contributed by atoms with Crippen molar-refractivity contribution in [1.82, 2.24) is 10.6 Å². The molecule has 1 unspecified atom stereocenters. The summed E-state index contributed by atoms with van der Waals surface area (Å²) < 4.78 is 0. The van der Waals surface area contributed by atoms with Crippen molar-refractivity contribution in [3.05, 3.63) is 0 Å². The minimum absolute atomic E-state index is 0.116. The third-order valence-corrected chi connectivity index (χ3v) is 2.93. The molecular weight excluding hydrogens is 152 g/mol. The summed E-state index contributed by atoms with van der Waals surface area (Å²) in [6, 6.07) is 0.116. The predicted molar refractivity (Wildman–Crippen MR) is 46.8 cm³/mol. The number of nitrogens with one attached hydrogen (secondary N) is 2. The van der Waals surface area contributed by atoms with Crippen molar-refractivity contribution in [3.8, 4) is 0 Å². The van der Waals surface area contributed by atoms with Crippen molar-refractivity contribution < 1.29 is 4.79 Å². The zero-order chi connectivity index (χ0) is 8.39. The first-order valence-electron chi connectivity index (χ1n) is 4.87. The molecule has 1 aliphatic carbocycles. The van der Waals surface area contributed by atoms with Crippen LogP contribution in [0.15, 0.2) is 0 Å². The van der Waals surface area contributed by atoms with Crippen LogP contribution in [0, 0.1) is 5.92 Å². The van der Waals surface area contributed by atoms with E-state index in [0.29, 0.717) is 0 Å². The fraction of sp³-hybridized carbons (Fsp3) is 0.889. The maximum absolute atomic E-state index is 11.3. The largest absolute Gasteiger partial charge is 0.354 e. The second-order valence-electron chi connectivity index (χ2n) is 3.84. The van der Waals surface area contributed by atoms with Crippen LogP contribution < -0.4 is 10.6 Å². The highest BCUT2D eigenvalue weighted by atomic mass is 16.2. The molecule has 3 nitrogen and oxygen atoms in total. The lowest BCUT2D eigenvalue weighted by atomic mass is 9.85. The van der Waals surface area contributed by atoms with Crippen molar-refractivity contribution in [3.63, 3.8) is 0 Å². The summed E-state index contributed by atoms with van der Waals surface area (Å²) in [6.45, 7) is 1.90. The van der Waals surface area contributed by atoms with Crippen molar-refractivity contribution in [2.45, 2.75) is 31.7 Å². The Bertz CT molecular complexity index is 173. The summed E-state index contributed by atoms with van der Waals surface area (Å²) in [4.78, 5) is 11.3. The number of carbonyl (C=O) groups excluding carboxylic acids is 1. The average molecular weight is 168 g/mol. The normalized spacial score (nSPS) is 28.8. The predicted octanol–water partition coefficient (Wildman–Crippen LogP) is 0.265. The van der Waals surface area contributed by atoms with Crippen LogP contribution in [-0.2, 0) is 4.79 Å². The summed E-state index contributed by atoms with van der Waals surface area (Å²) in [5, 5.41) is 6.08. The number of rotatable bonds is 3. The van der Waals surface area contributed by atoms with E-state index in [9.17, 15) is 4.79 Å². The van der Waals surface area contributed by atoms with Gasteiger partial charge in [-0.15, -0.1) is 0 Å². The van der Waals surface area contributed by atoms with E-state index in [-0.39, 0.29) is 11.9 Å². The molecule has 2 N–H and O–H groups in total. The van der Waals surface area contributed by atoms with Gasteiger partial charge in [0.05, 0.1) is 6.04 Å². The van der Waals surface area contributed by atoms with Crippen molar-refractivity contribution in [2.75, 3.05) is 13.1 Å². The van der Waals surface area contributed by atoms with Crippen molar-refractivity contribution in [2.24, 2.45) is 5.92 Å². The Kier molecular flexibility index (Phi) is 2.30. The highest BCUT2D eigenvalue weighted by Crippen LogP contribution is 2.25. The first-order valence-corrected chi connectivity index (χ1v) is 4.87. The van der Waals surface area contributed by atoms with E-state index >= 15 is 0 Å². The van der Waals surface area contributed by atoms with E-state index in [1.54, 1.807) is 0 Å². The Morgan fingerprint density at radius 1 is 1.42 bits per heavy atom. The topological polar surface area (TPSA) is 41.1 Å². The average Bonchev–Trinajstić information content (AvgIpc) is 1.79. The lowest BCUT2D eigenvalue weighted by molar-refractivity contribution is -0.125. The third kappa shape index (κ3) is 1.61. The van der Waals surface area contributed by atoms with E-state index in [0.717, 1.165) is 25.4 Å². The van der Waals surface area contributed by atoms with E-state index in [2.05, 4.69) is 10.6 Å². The molecule has 1 aliphatic heterocycles. The van der Waals surface area contributed by atoms with Gasteiger partial charge in [0.1, 0.15) is 0 Å². The van der Waals surface area contributed by atoms with Gasteiger partial charge in [-0.3, -0.25) is 4.79 Å². The minimum atomic E-state index is 0.116. The SMILES string of the molecule is O=C(NCC1CCC1)C1CCN1. The van der Waals surface area contributed by atoms with Crippen LogP contribution in [0.3, 0.4) is 0 Å². The molecule has 0 radical (unpaired) electrons. The van der Waals surface area contributed by atoms with Gasteiger partial charge in [-0.2, -0.15) is 0 Å². The molecule has 2 fully saturated rings. The standard InChI is InChI=1S/C9H16N2O/c12-9(8-4-5-10-8)11-6-7-2-1-3-7/h7-8,10H,1-6H2,(H,11,12). The van der Waals surface area contributed by atoms with E-state index < -0.39 is 0 Å². The maximum Gasteiger partial charge on any atom is 0.237 e. The lowest BCUT2D eigenvalue weighted by Crippen LogP contribution is -2.54. The van der Waals surface area contributed by atoms with E-state index in [1.165, 1.54) is 19.3 Å². The summed E-state index contributed by atoms with van der Waals surface area (Å²) in [6.07, 6.45) is 4.97. The second-order valence-corrected chi connectivity index (χ2v) is 3.84. The number of amides is 1. The molecule has 12 heavy (non-hydrogen) atoms. The molecule has 1 amide bonds. The fourth-order valence-corrected chi connectivity index (χ4v) is 1.58. The molecule has 2 rings (SSSR count). The van der Waals surface area contributed by atoms with E-state index in [1.807, 2.05) is 0 Å². The van der Waals surface area contributed by atoms with Crippen LogP contribution in [0.25, 0.3) is 0 Å². The smallest absolute Gasteiger partial charge is 0.237 e. The van der Waals surface area contributed by atoms with Gasteiger partial charge in [0, 0.05) is 6.54 Å². The van der Waals surface area contributed by atoms with Crippen molar-refractivity contribution in [1.29, 1.82) is 0 Å². The van der Waals surface area contributed by atoms with Crippen LogP contribution in [0.4, 0.5) is 0 Å². The first-order chi connectivity index (χ1) is 5.86. The summed E-state index contributed by atoms with van der Waals surface area (Å²) in [5.41, 5.74) is 0. The zero-order valence-corrected chi connectivity index (χ0v) is 7.31.